The Balaban J connectivity index is 2.34. The lowest BCUT2D eigenvalue weighted by Crippen LogP contribution is -2.33. The Hall–Kier alpha value is -1.73. The summed E-state index contributed by atoms with van der Waals surface area (Å²) in [6, 6.07) is 16.3. The summed E-state index contributed by atoms with van der Waals surface area (Å²) in [5, 5.41) is 0. The average Bonchev–Trinajstić information content (AvgIpc) is 2.40. The molecule has 0 unspecified atom stereocenters. The highest BCUT2D eigenvalue weighted by Gasteiger charge is 2.18. The van der Waals surface area contributed by atoms with Crippen LogP contribution in [0.25, 0.3) is 0 Å². The second-order valence-electron chi connectivity index (χ2n) is 7.88. The number of anilines is 2. The molecule has 2 aromatic carbocycles. The zero-order valence-corrected chi connectivity index (χ0v) is 17.0. The standard InChI is InChI=1S/C18H28N2OSi2/c1-22(2,3)19-15-12-13-17(20-23(4,5)6)18(14-15)21-16-10-8-7-9-11-16/h7-14,19-20H,1-6H3. The van der Waals surface area contributed by atoms with Crippen molar-refractivity contribution in [1.29, 1.82) is 0 Å². The minimum Gasteiger partial charge on any atom is -0.455 e. The normalized spacial score (nSPS) is 11.9. The van der Waals surface area contributed by atoms with Gasteiger partial charge in [0.15, 0.2) is 5.75 Å². The van der Waals surface area contributed by atoms with E-state index in [4.69, 9.17) is 4.74 Å². The third-order valence-corrected chi connectivity index (χ3v) is 5.04. The summed E-state index contributed by atoms with van der Waals surface area (Å²) < 4.78 is 6.15. The average molecular weight is 345 g/mol. The van der Waals surface area contributed by atoms with Gasteiger partial charge in [-0.3, -0.25) is 0 Å². The van der Waals surface area contributed by atoms with Gasteiger partial charge in [0.25, 0.3) is 0 Å². The Labute approximate surface area is 142 Å². The molecule has 0 saturated heterocycles. The molecule has 0 spiro atoms. The third-order valence-electron chi connectivity index (χ3n) is 2.98. The van der Waals surface area contributed by atoms with Gasteiger partial charge in [-0.1, -0.05) is 57.5 Å². The number of benzene rings is 2. The first-order valence-electron chi connectivity index (χ1n) is 8.06. The summed E-state index contributed by atoms with van der Waals surface area (Å²) in [7, 11) is -2.85. The van der Waals surface area contributed by atoms with Crippen LogP contribution in [0.4, 0.5) is 11.4 Å². The number of hydrogen-bond donors (Lipinski definition) is 2. The maximum absolute atomic E-state index is 6.15. The van der Waals surface area contributed by atoms with E-state index in [1.54, 1.807) is 0 Å². The van der Waals surface area contributed by atoms with Crippen LogP contribution < -0.4 is 14.7 Å². The van der Waals surface area contributed by atoms with Gasteiger partial charge < -0.3 is 14.7 Å². The van der Waals surface area contributed by atoms with E-state index in [0.29, 0.717) is 0 Å². The fourth-order valence-electron chi connectivity index (χ4n) is 2.24. The predicted octanol–water partition coefficient (Wildman–Crippen LogP) is 5.97. The van der Waals surface area contributed by atoms with Crippen molar-refractivity contribution in [2.45, 2.75) is 39.3 Å². The van der Waals surface area contributed by atoms with E-state index in [-0.39, 0.29) is 0 Å². The fourth-order valence-corrected chi connectivity index (χ4v) is 4.28. The topological polar surface area (TPSA) is 33.3 Å². The Morgan fingerprint density at radius 3 is 1.91 bits per heavy atom. The van der Waals surface area contributed by atoms with Crippen molar-refractivity contribution in [1.82, 2.24) is 0 Å². The largest absolute Gasteiger partial charge is 0.455 e. The second kappa shape index (κ2) is 6.80. The van der Waals surface area contributed by atoms with Crippen LogP contribution in [0.2, 0.25) is 39.3 Å². The van der Waals surface area contributed by atoms with Gasteiger partial charge in [-0.05, 0) is 24.3 Å². The van der Waals surface area contributed by atoms with Crippen LogP contribution >= 0.6 is 0 Å². The van der Waals surface area contributed by atoms with Gasteiger partial charge >= 0.3 is 0 Å². The summed E-state index contributed by atoms with van der Waals surface area (Å²) in [6.45, 7) is 13.7. The predicted molar refractivity (Wildman–Crippen MR) is 107 cm³/mol. The summed E-state index contributed by atoms with van der Waals surface area (Å²) in [6.07, 6.45) is 0. The minimum atomic E-state index is -1.45. The van der Waals surface area contributed by atoms with Crippen molar-refractivity contribution in [3.8, 4) is 11.5 Å². The van der Waals surface area contributed by atoms with Crippen LogP contribution in [-0.2, 0) is 0 Å². The molecule has 3 nitrogen and oxygen atoms in total. The lowest BCUT2D eigenvalue weighted by molar-refractivity contribution is 0.485. The molecule has 0 aliphatic carbocycles. The zero-order chi connectivity index (χ0) is 17.1. The monoisotopic (exact) mass is 344 g/mol. The molecule has 0 aromatic heterocycles. The molecule has 0 bridgehead atoms. The summed E-state index contributed by atoms with van der Waals surface area (Å²) in [4.78, 5) is 7.30. The summed E-state index contributed by atoms with van der Waals surface area (Å²) in [5.74, 6) is 1.73. The molecule has 0 amide bonds. The van der Waals surface area contributed by atoms with E-state index in [1.165, 1.54) is 0 Å². The Morgan fingerprint density at radius 2 is 1.35 bits per heavy atom. The Morgan fingerprint density at radius 1 is 0.739 bits per heavy atom. The second-order valence-corrected chi connectivity index (χ2v) is 17.4. The maximum atomic E-state index is 6.15. The van der Waals surface area contributed by atoms with Crippen molar-refractivity contribution in [3.05, 3.63) is 48.5 Å². The smallest absolute Gasteiger partial charge is 0.151 e. The minimum absolute atomic E-state index is 0.858. The number of para-hydroxylation sites is 1. The first-order valence-corrected chi connectivity index (χ1v) is 15.1. The first-order chi connectivity index (χ1) is 10.6. The molecule has 0 heterocycles. The van der Waals surface area contributed by atoms with Crippen molar-refractivity contribution >= 4 is 27.8 Å². The van der Waals surface area contributed by atoms with Gasteiger partial charge in [0.2, 0.25) is 0 Å². The molecule has 2 aromatic rings. The van der Waals surface area contributed by atoms with Crippen molar-refractivity contribution in [3.63, 3.8) is 0 Å². The van der Waals surface area contributed by atoms with E-state index in [0.717, 1.165) is 22.9 Å². The van der Waals surface area contributed by atoms with E-state index < -0.39 is 16.5 Å². The number of hydrogen-bond acceptors (Lipinski definition) is 3. The zero-order valence-electron chi connectivity index (χ0n) is 15.0. The SMILES string of the molecule is C[Si](C)(C)Nc1ccc(N[Si](C)(C)C)c(Oc2ccccc2)c1. The van der Waals surface area contributed by atoms with Gasteiger partial charge in [-0.2, -0.15) is 0 Å². The molecule has 0 radical (unpaired) electrons. The quantitative estimate of drug-likeness (QED) is 0.633. The lowest BCUT2D eigenvalue weighted by atomic mass is 10.2. The highest BCUT2D eigenvalue weighted by Crippen LogP contribution is 2.34. The summed E-state index contributed by atoms with van der Waals surface area (Å²) in [5.41, 5.74) is 2.19. The molecular weight excluding hydrogens is 316 g/mol. The van der Waals surface area contributed by atoms with Crippen molar-refractivity contribution < 1.29 is 4.74 Å². The van der Waals surface area contributed by atoms with E-state index in [9.17, 15) is 0 Å². The molecule has 5 heteroatoms. The van der Waals surface area contributed by atoms with E-state index in [2.05, 4.69) is 67.4 Å². The fraction of sp³-hybridized carbons (Fsp3) is 0.333. The molecule has 0 fully saturated rings. The highest BCUT2D eigenvalue weighted by atomic mass is 28.3. The number of nitrogens with one attached hydrogen (secondary N) is 2. The molecule has 124 valence electrons. The van der Waals surface area contributed by atoms with Crippen LogP contribution in [0.1, 0.15) is 0 Å². The Bertz CT molecular complexity index is 646. The molecule has 0 aliphatic rings. The molecule has 0 saturated carbocycles. The van der Waals surface area contributed by atoms with Crippen LogP contribution in [0.15, 0.2) is 48.5 Å². The van der Waals surface area contributed by atoms with Crippen molar-refractivity contribution in [2.24, 2.45) is 0 Å². The van der Waals surface area contributed by atoms with Gasteiger partial charge in [-0.15, -0.1) is 0 Å². The molecule has 23 heavy (non-hydrogen) atoms. The highest BCUT2D eigenvalue weighted by molar-refractivity contribution is 6.79. The van der Waals surface area contributed by atoms with Crippen molar-refractivity contribution in [2.75, 3.05) is 9.96 Å². The van der Waals surface area contributed by atoms with Crippen LogP contribution in [-0.4, -0.2) is 16.5 Å². The van der Waals surface area contributed by atoms with Gasteiger partial charge in [0, 0.05) is 11.8 Å². The first kappa shape index (κ1) is 17.6. The van der Waals surface area contributed by atoms with Crippen LogP contribution in [0, 0.1) is 0 Å². The molecular formula is C18H28N2OSi2. The molecule has 0 atom stereocenters. The molecule has 2 rings (SSSR count). The van der Waals surface area contributed by atoms with E-state index in [1.807, 2.05) is 30.3 Å². The maximum Gasteiger partial charge on any atom is 0.151 e. The number of ether oxygens (including phenoxy) is 1. The van der Waals surface area contributed by atoms with E-state index >= 15 is 0 Å². The number of rotatable bonds is 6. The third kappa shape index (κ3) is 6.11. The Kier molecular flexibility index (Phi) is 5.21. The molecule has 0 aliphatic heterocycles. The lowest BCUT2D eigenvalue weighted by Gasteiger charge is -2.24. The molecule has 2 N–H and O–H groups in total. The van der Waals surface area contributed by atoms with Crippen LogP contribution in [0.3, 0.4) is 0 Å². The van der Waals surface area contributed by atoms with Gasteiger partial charge in [0.05, 0.1) is 5.69 Å². The summed E-state index contributed by atoms with van der Waals surface area (Å²) >= 11 is 0. The van der Waals surface area contributed by atoms with Crippen LogP contribution in [0.5, 0.6) is 11.5 Å². The van der Waals surface area contributed by atoms with Gasteiger partial charge in [0.1, 0.15) is 22.2 Å². The van der Waals surface area contributed by atoms with Gasteiger partial charge in [-0.25, -0.2) is 0 Å².